The summed E-state index contributed by atoms with van der Waals surface area (Å²) in [5.41, 5.74) is 1.03. The third-order valence-electron chi connectivity index (χ3n) is 5.11. The zero-order valence-electron chi connectivity index (χ0n) is 15.1. The van der Waals surface area contributed by atoms with Gasteiger partial charge in [0.1, 0.15) is 0 Å². The average Bonchev–Trinajstić information content (AvgIpc) is 2.60. The Bertz CT molecular complexity index is 539. The maximum absolute atomic E-state index is 12.1. The lowest BCUT2D eigenvalue weighted by Crippen LogP contribution is -2.46. The first kappa shape index (κ1) is 18.6. The molecule has 1 aliphatic rings. The van der Waals surface area contributed by atoms with Crippen molar-refractivity contribution in [2.45, 2.75) is 52.1 Å². The van der Waals surface area contributed by atoms with Crippen LogP contribution in [0.1, 0.15) is 46.5 Å². The van der Waals surface area contributed by atoms with Crippen LogP contribution in [0.15, 0.2) is 24.3 Å². The van der Waals surface area contributed by atoms with Crippen molar-refractivity contribution in [3.63, 3.8) is 0 Å². The topological polar surface area (TPSA) is 64.6 Å². The number of piperidine rings is 1. The summed E-state index contributed by atoms with van der Waals surface area (Å²) in [4.78, 5) is 14.5. The van der Waals surface area contributed by atoms with Crippen LogP contribution in [0.25, 0.3) is 0 Å². The molecule has 0 spiro atoms. The third-order valence-corrected chi connectivity index (χ3v) is 5.11. The van der Waals surface area contributed by atoms with Gasteiger partial charge in [-0.1, -0.05) is 26.3 Å². The number of amides is 2. The highest BCUT2D eigenvalue weighted by atomic mass is 16.3. The van der Waals surface area contributed by atoms with Gasteiger partial charge in [0.25, 0.3) is 0 Å². The maximum Gasteiger partial charge on any atom is 0.319 e. The molecule has 134 valence electrons. The lowest BCUT2D eigenvalue weighted by molar-refractivity contribution is 0.00827. The first-order valence-corrected chi connectivity index (χ1v) is 9.04. The van der Waals surface area contributed by atoms with Crippen molar-refractivity contribution in [1.29, 1.82) is 0 Å². The van der Waals surface area contributed by atoms with Crippen molar-refractivity contribution in [2.24, 2.45) is 5.92 Å². The minimum atomic E-state index is -0.901. The molecule has 3 N–H and O–H groups in total. The van der Waals surface area contributed by atoms with Crippen LogP contribution >= 0.6 is 0 Å². The van der Waals surface area contributed by atoms with E-state index in [0.29, 0.717) is 0 Å². The number of hydrogen-bond acceptors (Lipinski definition) is 3. The van der Waals surface area contributed by atoms with Crippen LogP contribution in [0, 0.1) is 5.92 Å². The molecule has 5 heteroatoms. The van der Waals surface area contributed by atoms with Crippen molar-refractivity contribution in [3.05, 3.63) is 24.3 Å². The van der Waals surface area contributed by atoms with Gasteiger partial charge in [0.05, 0.1) is 5.60 Å². The number of benzene rings is 1. The summed E-state index contributed by atoms with van der Waals surface area (Å²) in [5, 5.41) is 16.0. The number of urea groups is 1. The molecule has 1 aromatic rings. The summed E-state index contributed by atoms with van der Waals surface area (Å²) in [7, 11) is 0. The molecule has 2 amide bonds. The average molecular weight is 333 g/mol. The third kappa shape index (κ3) is 5.13. The fraction of sp³-hybridized carbons (Fsp3) is 0.632. The van der Waals surface area contributed by atoms with Gasteiger partial charge in [-0.15, -0.1) is 0 Å². The van der Waals surface area contributed by atoms with E-state index in [9.17, 15) is 9.90 Å². The van der Waals surface area contributed by atoms with Crippen molar-refractivity contribution >= 4 is 17.4 Å². The smallest absolute Gasteiger partial charge is 0.319 e. The molecule has 2 atom stereocenters. The molecular weight excluding hydrogens is 302 g/mol. The zero-order chi connectivity index (χ0) is 17.6. The van der Waals surface area contributed by atoms with Gasteiger partial charge < -0.3 is 20.6 Å². The van der Waals surface area contributed by atoms with E-state index >= 15 is 0 Å². The Morgan fingerprint density at radius 1 is 1.33 bits per heavy atom. The van der Waals surface area contributed by atoms with Crippen molar-refractivity contribution in [1.82, 2.24) is 5.32 Å². The Kier molecular flexibility index (Phi) is 6.49. The van der Waals surface area contributed by atoms with Gasteiger partial charge in [-0.05, 0) is 50.3 Å². The second-order valence-electron chi connectivity index (χ2n) is 7.07. The summed E-state index contributed by atoms with van der Waals surface area (Å²) >= 11 is 0. The van der Waals surface area contributed by atoms with E-state index in [1.165, 1.54) is 19.3 Å². The molecule has 0 radical (unpaired) electrons. The molecule has 2 rings (SSSR count). The molecule has 1 saturated heterocycles. The lowest BCUT2D eigenvalue weighted by Gasteiger charge is -2.30. The van der Waals surface area contributed by atoms with Crippen LogP contribution in [0.4, 0.5) is 16.2 Å². The first-order chi connectivity index (χ1) is 11.4. The van der Waals surface area contributed by atoms with Crippen molar-refractivity contribution < 1.29 is 9.90 Å². The second-order valence-corrected chi connectivity index (χ2v) is 7.07. The SMILES string of the molecule is CCC(C)C(C)(O)CNC(=O)Nc1cccc(N2CCCCC2)c1. The number of carbonyl (C=O) groups excluding carboxylic acids is 1. The van der Waals surface area contributed by atoms with Crippen LogP contribution in [0.2, 0.25) is 0 Å². The molecule has 0 saturated carbocycles. The van der Waals surface area contributed by atoms with Gasteiger partial charge in [-0.2, -0.15) is 0 Å². The van der Waals surface area contributed by atoms with Gasteiger partial charge >= 0.3 is 6.03 Å². The standard InChI is InChI=1S/C19H31N3O2/c1-4-15(2)19(3,24)14-20-18(23)21-16-9-8-10-17(13-16)22-11-6-5-7-12-22/h8-10,13,15,24H,4-7,11-12,14H2,1-3H3,(H2,20,21,23). The Morgan fingerprint density at radius 2 is 2.04 bits per heavy atom. The summed E-state index contributed by atoms with van der Waals surface area (Å²) in [6, 6.07) is 7.67. The van der Waals surface area contributed by atoms with Crippen LogP contribution < -0.4 is 15.5 Å². The summed E-state index contributed by atoms with van der Waals surface area (Å²) in [6.45, 7) is 8.17. The molecule has 0 aromatic heterocycles. The fourth-order valence-electron chi connectivity index (χ4n) is 2.98. The monoisotopic (exact) mass is 333 g/mol. The molecule has 1 aromatic carbocycles. The Hall–Kier alpha value is -1.75. The number of anilines is 2. The van der Waals surface area contributed by atoms with Gasteiger partial charge in [-0.3, -0.25) is 0 Å². The lowest BCUT2D eigenvalue weighted by atomic mass is 9.89. The highest BCUT2D eigenvalue weighted by Crippen LogP contribution is 2.23. The molecular formula is C19H31N3O2. The van der Waals surface area contributed by atoms with Crippen molar-refractivity contribution in [2.75, 3.05) is 29.9 Å². The number of aliphatic hydroxyl groups is 1. The van der Waals surface area contributed by atoms with E-state index in [0.717, 1.165) is 30.9 Å². The number of nitrogens with zero attached hydrogens (tertiary/aromatic N) is 1. The quantitative estimate of drug-likeness (QED) is 0.745. The second kappa shape index (κ2) is 8.38. The number of hydrogen-bond donors (Lipinski definition) is 3. The fourth-order valence-corrected chi connectivity index (χ4v) is 2.98. The minimum absolute atomic E-state index is 0.125. The molecule has 1 aliphatic heterocycles. The predicted octanol–water partition coefficient (Wildman–Crippen LogP) is 3.60. The molecule has 24 heavy (non-hydrogen) atoms. The number of carbonyl (C=O) groups is 1. The van der Waals surface area contributed by atoms with Crippen molar-refractivity contribution in [3.8, 4) is 0 Å². The summed E-state index contributed by atoms with van der Waals surface area (Å²) < 4.78 is 0. The molecule has 1 heterocycles. The zero-order valence-corrected chi connectivity index (χ0v) is 15.1. The van der Waals surface area contributed by atoms with E-state index in [1.54, 1.807) is 6.92 Å². The molecule has 0 aliphatic carbocycles. The molecule has 0 bridgehead atoms. The largest absolute Gasteiger partial charge is 0.388 e. The van der Waals surface area contributed by atoms with Gasteiger partial charge in [0.2, 0.25) is 0 Å². The highest BCUT2D eigenvalue weighted by Gasteiger charge is 2.27. The van der Waals surface area contributed by atoms with E-state index in [4.69, 9.17) is 0 Å². The van der Waals surface area contributed by atoms with E-state index < -0.39 is 5.60 Å². The molecule has 2 unspecified atom stereocenters. The normalized spacial score (nSPS) is 18.6. The summed E-state index contributed by atoms with van der Waals surface area (Å²) in [6.07, 6.45) is 4.62. The maximum atomic E-state index is 12.1. The molecule has 5 nitrogen and oxygen atoms in total. The van der Waals surface area contributed by atoms with Gasteiger partial charge in [0, 0.05) is 31.0 Å². The van der Waals surface area contributed by atoms with E-state index in [2.05, 4.69) is 21.6 Å². The van der Waals surface area contributed by atoms with Crippen LogP contribution in [-0.2, 0) is 0 Å². The van der Waals surface area contributed by atoms with Crippen LogP contribution in [0.5, 0.6) is 0 Å². The Morgan fingerprint density at radius 3 is 2.71 bits per heavy atom. The van der Waals surface area contributed by atoms with Gasteiger partial charge in [0.15, 0.2) is 0 Å². The van der Waals surface area contributed by atoms with Crippen LogP contribution in [0.3, 0.4) is 0 Å². The highest BCUT2D eigenvalue weighted by molar-refractivity contribution is 5.89. The predicted molar refractivity (Wildman–Crippen MR) is 99.6 cm³/mol. The Labute approximate surface area is 145 Å². The number of rotatable bonds is 6. The Balaban J connectivity index is 1.89. The van der Waals surface area contributed by atoms with Gasteiger partial charge in [-0.25, -0.2) is 4.79 Å². The van der Waals surface area contributed by atoms with Crippen LogP contribution in [-0.4, -0.2) is 36.4 Å². The summed E-state index contributed by atoms with van der Waals surface area (Å²) in [5.74, 6) is 0.125. The first-order valence-electron chi connectivity index (χ1n) is 9.04. The number of nitrogens with one attached hydrogen (secondary N) is 2. The van der Waals surface area contributed by atoms with E-state index in [1.807, 2.05) is 32.0 Å². The minimum Gasteiger partial charge on any atom is -0.388 e. The molecule has 1 fully saturated rings. The van der Waals surface area contributed by atoms with E-state index in [-0.39, 0.29) is 18.5 Å².